The number of aromatic carboxylic acids is 1. The summed E-state index contributed by atoms with van der Waals surface area (Å²) in [5.74, 6) is 0.682. The third-order valence-electron chi connectivity index (χ3n) is 10.3. The van der Waals surface area contributed by atoms with Crippen LogP contribution >= 0.6 is 0 Å². The normalized spacial score (nSPS) is 15.8. The van der Waals surface area contributed by atoms with E-state index in [4.69, 9.17) is 4.74 Å². The molecule has 3 aliphatic heterocycles. The van der Waals surface area contributed by atoms with Gasteiger partial charge in [-0.05, 0) is 123 Å². The monoisotopic (exact) mass is 549 g/mol. The lowest BCUT2D eigenvalue weighted by molar-refractivity contribution is -0.255. The Morgan fingerprint density at radius 3 is 2.02 bits per heavy atom. The van der Waals surface area contributed by atoms with Gasteiger partial charge in [-0.25, -0.2) is 4.58 Å². The predicted molar refractivity (Wildman–Crippen MR) is 164 cm³/mol. The van der Waals surface area contributed by atoms with Crippen molar-refractivity contribution in [3.8, 4) is 11.5 Å². The molecule has 0 unspecified atom stereocenters. The van der Waals surface area contributed by atoms with E-state index in [1.807, 2.05) is 13.8 Å². The summed E-state index contributed by atoms with van der Waals surface area (Å²) < 4.78 is 9.66. The fourth-order valence-corrected chi connectivity index (χ4v) is 8.19. The summed E-state index contributed by atoms with van der Waals surface area (Å²) in [5.41, 5.74) is 14.5. The molecule has 0 fully saturated rings. The predicted octanol–water partition coefficient (Wildman–Crippen LogP) is 5.24. The molecule has 0 aliphatic carbocycles. The number of ether oxygens (including phenoxy) is 1. The first-order chi connectivity index (χ1) is 19.3. The van der Waals surface area contributed by atoms with E-state index in [0.717, 1.165) is 106 Å². The van der Waals surface area contributed by atoms with Crippen LogP contribution in [0.1, 0.15) is 111 Å². The van der Waals surface area contributed by atoms with Gasteiger partial charge >= 0.3 is 0 Å². The first kappa shape index (κ1) is 27.8. The number of benzene rings is 3. The lowest BCUT2D eigenvalue weighted by Crippen LogP contribution is -2.45. The largest absolute Gasteiger partial charge is 0.545 e. The highest BCUT2D eigenvalue weighted by molar-refractivity contribution is 6.01. The number of rotatable bonds is 2. The van der Waals surface area contributed by atoms with Crippen LogP contribution in [-0.2, 0) is 18.3 Å². The fourth-order valence-electron chi connectivity index (χ4n) is 8.19. The third-order valence-corrected chi connectivity index (χ3v) is 10.3. The van der Waals surface area contributed by atoms with Gasteiger partial charge in [0.15, 0.2) is 0 Å². The van der Waals surface area contributed by atoms with Crippen LogP contribution in [0.3, 0.4) is 0 Å². The number of aryl methyl sites for hydroxylation is 1. The molecule has 0 saturated heterocycles. The van der Waals surface area contributed by atoms with Crippen LogP contribution < -0.4 is 25.0 Å². The Morgan fingerprint density at radius 2 is 1.39 bits per heavy atom. The summed E-state index contributed by atoms with van der Waals surface area (Å²) in [5, 5.41) is 15.4. The van der Waals surface area contributed by atoms with Crippen molar-refractivity contribution in [2.24, 2.45) is 0 Å². The maximum atomic E-state index is 13.0. The molecule has 0 aromatic heterocycles. The van der Waals surface area contributed by atoms with Crippen molar-refractivity contribution in [3.05, 3.63) is 89.0 Å². The Balaban J connectivity index is 1.92. The van der Waals surface area contributed by atoms with E-state index < -0.39 is 5.97 Å². The van der Waals surface area contributed by atoms with Crippen molar-refractivity contribution >= 4 is 11.5 Å². The minimum Gasteiger partial charge on any atom is -0.545 e. The first-order valence-corrected chi connectivity index (χ1v) is 15.2. The number of carbonyl (C=O) groups is 1. The van der Waals surface area contributed by atoms with Gasteiger partial charge in [-0.1, -0.05) is 20.8 Å². The number of hydrogen-bond donors (Lipinski definition) is 0. The molecule has 0 N–H and O–H groups in total. The highest BCUT2D eigenvalue weighted by Gasteiger charge is 2.36. The minimum atomic E-state index is -1.12. The van der Waals surface area contributed by atoms with Crippen molar-refractivity contribution in [1.82, 2.24) is 4.58 Å². The molecule has 214 valence electrons. The van der Waals surface area contributed by atoms with E-state index in [9.17, 15) is 9.90 Å². The van der Waals surface area contributed by atoms with Gasteiger partial charge in [0.1, 0.15) is 24.6 Å². The molecule has 0 radical (unpaired) electrons. The topological polar surface area (TPSA) is 52.4 Å². The molecule has 4 nitrogen and oxygen atoms in total. The summed E-state index contributed by atoms with van der Waals surface area (Å²) in [4.78, 5) is 13.0. The van der Waals surface area contributed by atoms with Crippen molar-refractivity contribution in [1.29, 1.82) is 0 Å². The average molecular weight is 550 g/mol. The number of carboxylic acids is 1. The molecule has 6 rings (SSSR count). The van der Waals surface area contributed by atoms with Crippen molar-refractivity contribution in [2.45, 2.75) is 100 Å². The van der Waals surface area contributed by atoms with Gasteiger partial charge in [0.2, 0.25) is 5.36 Å². The van der Waals surface area contributed by atoms with Gasteiger partial charge in [0.25, 0.3) is 0 Å². The highest BCUT2D eigenvalue weighted by Crippen LogP contribution is 2.48. The van der Waals surface area contributed by atoms with E-state index in [0.29, 0.717) is 5.56 Å². The summed E-state index contributed by atoms with van der Waals surface area (Å²) in [6.45, 7) is 23.7. The maximum absolute atomic E-state index is 13.0. The summed E-state index contributed by atoms with van der Waals surface area (Å²) in [6, 6.07) is 2.33. The van der Waals surface area contributed by atoms with Crippen LogP contribution in [0.15, 0.2) is 6.07 Å². The Labute approximate surface area is 244 Å². The molecule has 3 aromatic carbocycles. The van der Waals surface area contributed by atoms with E-state index in [-0.39, 0.29) is 5.41 Å². The molecule has 3 aromatic rings. The number of hydrogen-bond acceptors (Lipinski definition) is 3. The molecule has 0 spiro atoms. The van der Waals surface area contributed by atoms with E-state index >= 15 is 0 Å². The minimum absolute atomic E-state index is 0.0677. The fraction of sp³-hybridized carbons (Fsp3) is 0.459. The summed E-state index contributed by atoms with van der Waals surface area (Å²) in [7, 11) is 0. The second kappa shape index (κ2) is 9.31. The number of carbonyl (C=O) groups excluding carboxylic acids is 1. The molecular formula is C37H43NO3. The Kier molecular flexibility index (Phi) is 6.30. The first-order valence-electron chi connectivity index (χ1n) is 15.2. The van der Waals surface area contributed by atoms with Gasteiger partial charge in [0.05, 0.1) is 11.5 Å². The molecule has 41 heavy (non-hydrogen) atoms. The molecule has 4 heteroatoms. The van der Waals surface area contributed by atoms with Crippen LogP contribution in [0.2, 0.25) is 0 Å². The number of carboxylic acid groups (broad SMARTS) is 1. The van der Waals surface area contributed by atoms with Crippen LogP contribution in [0, 0.1) is 48.5 Å². The Bertz CT molecular complexity index is 1830. The standard InChI is InChI=1S/C37H43NO3/c1-18-19(2)21(4)30(36(39)40)28(20(18)3)31-27-17-25-13-11-15-38-16-12-14-26(33(25)38)35(27)41-34-24(7)32(37(8,9)10)23(6)22(5)29(31)34/h17H,11-16H2,1-10H3. The second-order valence-electron chi connectivity index (χ2n) is 13.7. The zero-order valence-electron chi connectivity index (χ0n) is 26.5. The summed E-state index contributed by atoms with van der Waals surface area (Å²) >= 11 is 0. The van der Waals surface area contributed by atoms with E-state index in [1.54, 1.807) is 0 Å². The highest BCUT2D eigenvalue weighted by atomic mass is 16.5. The molecule has 0 amide bonds. The van der Waals surface area contributed by atoms with Gasteiger partial charge in [0, 0.05) is 40.3 Å². The smallest absolute Gasteiger partial charge is 0.210 e. The quantitative estimate of drug-likeness (QED) is 0.321. The van der Waals surface area contributed by atoms with E-state index in [1.165, 1.54) is 27.6 Å². The van der Waals surface area contributed by atoms with E-state index in [2.05, 4.69) is 66.0 Å². The van der Waals surface area contributed by atoms with Gasteiger partial charge in [-0.3, -0.25) is 0 Å². The lowest BCUT2D eigenvalue weighted by atomic mass is 9.74. The molecule has 0 saturated carbocycles. The molecule has 3 heterocycles. The van der Waals surface area contributed by atoms with Crippen LogP contribution in [0.25, 0.3) is 5.57 Å². The SMILES string of the molecule is Cc1c(C)c(C)c(C2=c3cc4c5c(c3Oc3c(C)c(C(C)(C)C)c(C)c(C)c32)CCC[N+]=5CCC4)c(C(=O)[O-])c1C. The van der Waals surface area contributed by atoms with Crippen molar-refractivity contribution in [3.63, 3.8) is 0 Å². The van der Waals surface area contributed by atoms with Gasteiger partial charge < -0.3 is 14.6 Å². The third kappa shape index (κ3) is 3.86. The molecular weight excluding hydrogens is 506 g/mol. The van der Waals surface area contributed by atoms with Gasteiger partial charge in [-0.2, -0.15) is 0 Å². The molecule has 3 aliphatic rings. The number of nitrogens with zero attached hydrogens (tertiary/aromatic N) is 1. The maximum Gasteiger partial charge on any atom is 0.210 e. The van der Waals surface area contributed by atoms with Gasteiger partial charge in [-0.15, -0.1) is 0 Å². The average Bonchev–Trinajstić information content (AvgIpc) is 2.91. The Morgan fingerprint density at radius 1 is 0.780 bits per heavy atom. The molecule has 0 atom stereocenters. The number of fused-ring (bicyclic) bond motifs is 3. The van der Waals surface area contributed by atoms with Crippen molar-refractivity contribution < 1.29 is 14.6 Å². The zero-order valence-corrected chi connectivity index (χ0v) is 26.5. The van der Waals surface area contributed by atoms with Crippen LogP contribution in [0.4, 0.5) is 0 Å². The van der Waals surface area contributed by atoms with Crippen molar-refractivity contribution in [2.75, 3.05) is 13.1 Å². The summed E-state index contributed by atoms with van der Waals surface area (Å²) in [6.07, 6.45) is 4.24. The zero-order chi connectivity index (χ0) is 29.7. The second-order valence-corrected chi connectivity index (χ2v) is 13.7. The lowest BCUT2D eigenvalue weighted by Gasteiger charge is -2.34. The van der Waals surface area contributed by atoms with Crippen LogP contribution in [0.5, 0.6) is 11.5 Å². The molecule has 0 bridgehead atoms. The van der Waals surface area contributed by atoms with Crippen LogP contribution in [-0.4, -0.2) is 19.1 Å². The Hall–Kier alpha value is -3.40.